The second-order valence-corrected chi connectivity index (χ2v) is 4.30. The number of rotatable bonds is 1. The highest BCUT2D eigenvalue weighted by Gasteiger charge is 2.02. The standard InChI is InChI=1S/C8H5IN2OS/c9-6-5-13-8(10-6)11-4-2-1-3-7(11)12/h1-5H. The zero-order valence-corrected chi connectivity index (χ0v) is 9.45. The lowest BCUT2D eigenvalue weighted by Crippen LogP contribution is -2.15. The molecule has 2 aromatic heterocycles. The second kappa shape index (κ2) is 3.59. The zero-order chi connectivity index (χ0) is 9.26. The zero-order valence-electron chi connectivity index (χ0n) is 6.48. The Morgan fingerprint density at radius 3 is 2.92 bits per heavy atom. The third-order valence-electron chi connectivity index (χ3n) is 1.49. The maximum absolute atomic E-state index is 11.4. The average molecular weight is 304 g/mol. The highest BCUT2D eigenvalue weighted by Crippen LogP contribution is 2.13. The molecule has 0 unspecified atom stereocenters. The van der Waals surface area contributed by atoms with E-state index in [4.69, 9.17) is 0 Å². The van der Waals surface area contributed by atoms with Crippen LogP contribution in [0, 0.1) is 3.70 Å². The van der Waals surface area contributed by atoms with E-state index in [9.17, 15) is 4.79 Å². The SMILES string of the molecule is O=c1ccccn1-c1nc(I)cs1. The average Bonchev–Trinajstić information content (AvgIpc) is 2.53. The molecule has 13 heavy (non-hydrogen) atoms. The van der Waals surface area contributed by atoms with Crippen molar-refractivity contribution in [2.75, 3.05) is 0 Å². The van der Waals surface area contributed by atoms with Gasteiger partial charge in [0, 0.05) is 17.6 Å². The summed E-state index contributed by atoms with van der Waals surface area (Å²) in [7, 11) is 0. The van der Waals surface area contributed by atoms with Crippen LogP contribution in [0.5, 0.6) is 0 Å². The van der Waals surface area contributed by atoms with Gasteiger partial charge in [-0.3, -0.25) is 9.36 Å². The maximum atomic E-state index is 11.4. The Bertz CT molecular complexity index is 477. The lowest BCUT2D eigenvalue weighted by atomic mass is 10.5. The van der Waals surface area contributed by atoms with Crippen LogP contribution in [-0.2, 0) is 0 Å². The Balaban J connectivity index is 2.59. The summed E-state index contributed by atoms with van der Waals surface area (Å²) in [4.78, 5) is 15.6. The number of halogens is 1. The van der Waals surface area contributed by atoms with Gasteiger partial charge in [0.05, 0.1) is 0 Å². The maximum Gasteiger partial charge on any atom is 0.256 e. The molecule has 0 N–H and O–H groups in total. The molecule has 0 bridgehead atoms. The third kappa shape index (κ3) is 1.80. The van der Waals surface area contributed by atoms with E-state index in [0.717, 1.165) is 8.83 Å². The molecule has 0 aliphatic carbocycles. The van der Waals surface area contributed by atoms with E-state index in [1.807, 2.05) is 11.4 Å². The van der Waals surface area contributed by atoms with Gasteiger partial charge in [-0.05, 0) is 28.7 Å². The Morgan fingerprint density at radius 1 is 1.46 bits per heavy atom. The van der Waals surface area contributed by atoms with E-state index in [0.29, 0.717) is 0 Å². The molecule has 0 radical (unpaired) electrons. The van der Waals surface area contributed by atoms with Crippen molar-refractivity contribution in [2.45, 2.75) is 0 Å². The predicted molar refractivity (Wildman–Crippen MR) is 60.4 cm³/mol. The summed E-state index contributed by atoms with van der Waals surface area (Å²) in [5, 5.41) is 2.63. The molecule has 2 rings (SSSR count). The normalized spacial score (nSPS) is 10.2. The molecule has 5 heteroatoms. The minimum atomic E-state index is -0.0479. The van der Waals surface area contributed by atoms with Crippen LogP contribution in [-0.4, -0.2) is 9.55 Å². The van der Waals surface area contributed by atoms with E-state index in [1.54, 1.807) is 12.3 Å². The van der Waals surface area contributed by atoms with Crippen LogP contribution >= 0.6 is 33.9 Å². The monoisotopic (exact) mass is 304 g/mol. The molecule has 2 heterocycles. The molecule has 0 aliphatic heterocycles. The largest absolute Gasteiger partial charge is 0.269 e. The van der Waals surface area contributed by atoms with Crippen LogP contribution < -0.4 is 5.56 Å². The van der Waals surface area contributed by atoms with Gasteiger partial charge in [0.1, 0.15) is 3.70 Å². The highest BCUT2D eigenvalue weighted by molar-refractivity contribution is 14.1. The fourth-order valence-electron chi connectivity index (χ4n) is 0.941. The summed E-state index contributed by atoms with van der Waals surface area (Å²) in [6.07, 6.45) is 1.72. The first kappa shape index (κ1) is 8.89. The summed E-state index contributed by atoms with van der Waals surface area (Å²) in [6, 6.07) is 5.06. The van der Waals surface area contributed by atoms with E-state index >= 15 is 0 Å². The van der Waals surface area contributed by atoms with Gasteiger partial charge in [-0.1, -0.05) is 6.07 Å². The number of hydrogen-bond acceptors (Lipinski definition) is 3. The van der Waals surface area contributed by atoms with Crippen molar-refractivity contribution in [3.8, 4) is 5.13 Å². The molecule has 0 aliphatic rings. The van der Waals surface area contributed by atoms with Crippen LogP contribution in [0.15, 0.2) is 34.6 Å². The van der Waals surface area contributed by atoms with Gasteiger partial charge < -0.3 is 0 Å². The molecule has 0 fully saturated rings. The van der Waals surface area contributed by atoms with Gasteiger partial charge in [0.15, 0.2) is 5.13 Å². The van der Waals surface area contributed by atoms with Crippen LogP contribution in [0.25, 0.3) is 5.13 Å². The molecule has 0 amide bonds. The van der Waals surface area contributed by atoms with Gasteiger partial charge in [0.25, 0.3) is 5.56 Å². The van der Waals surface area contributed by atoms with E-state index in [-0.39, 0.29) is 5.56 Å². The van der Waals surface area contributed by atoms with Crippen molar-refractivity contribution >= 4 is 33.9 Å². The molecular formula is C8H5IN2OS. The summed E-state index contributed by atoms with van der Waals surface area (Å²) in [5.41, 5.74) is -0.0479. The molecule has 2 aromatic rings. The van der Waals surface area contributed by atoms with Gasteiger partial charge >= 0.3 is 0 Å². The van der Waals surface area contributed by atoms with Crippen LogP contribution in [0.4, 0.5) is 0 Å². The first-order valence-electron chi connectivity index (χ1n) is 3.56. The predicted octanol–water partition coefficient (Wildman–Crippen LogP) is 1.90. The van der Waals surface area contributed by atoms with Crippen molar-refractivity contribution < 1.29 is 0 Å². The second-order valence-electron chi connectivity index (χ2n) is 2.36. The number of thiazole rings is 1. The van der Waals surface area contributed by atoms with E-state index in [2.05, 4.69) is 27.6 Å². The van der Waals surface area contributed by atoms with Gasteiger partial charge in [0.2, 0.25) is 0 Å². The molecule has 0 spiro atoms. The van der Waals surface area contributed by atoms with E-state index < -0.39 is 0 Å². The van der Waals surface area contributed by atoms with Gasteiger partial charge in [-0.2, -0.15) is 0 Å². The Kier molecular flexibility index (Phi) is 2.45. The molecule has 3 nitrogen and oxygen atoms in total. The van der Waals surface area contributed by atoms with Crippen molar-refractivity contribution in [3.63, 3.8) is 0 Å². The third-order valence-corrected chi connectivity index (χ3v) is 3.31. The van der Waals surface area contributed by atoms with Crippen molar-refractivity contribution in [3.05, 3.63) is 43.8 Å². The van der Waals surface area contributed by atoms with Crippen molar-refractivity contribution in [2.24, 2.45) is 0 Å². The summed E-state index contributed by atoms with van der Waals surface area (Å²) >= 11 is 3.58. The quantitative estimate of drug-likeness (QED) is 0.754. The first-order chi connectivity index (χ1) is 6.27. The van der Waals surface area contributed by atoms with Crippen molar-refractivity contribution in [1.82, 2.24) is 9.55 Å². The molecule has 66 valence electrons. The van der Waals surface area contributed by atoms with Crippen molar-refractivity contribution in [1.29, 1.82) is 0 Å². The van der Waals surface area contributed by atoms with Gasteiger partial charge in [-0.15, -0.1) is 11.3 Å². The fourth-order valence-corrected chi connectivity index (χ4v) is 2.39. The van der Waals surface area contributed by atoms with Crippen LogP contribution in [0.2, 0.25) is 0 Å². The molecular weight excluding hydrogens is 299 g/mol. The number of hydrogen-bond donors (Lipinski definition) is 0. The first-order valence-corrected chi connectivity index (χ1v) is 5.52. The van der Waals surface area contributed by atoms with Gasteiger partial charge in [-0.25, -0.2) is 4.98 Å². The number of pyridine rings is 1. The molecule has 0 atom stereocenters. The minimum Gasteiger partial charge on any atom is -0.269 e. The van der Waals surface area contributed by atoms with Crippen LogP contribution in [0.3, 0.4) is 0 Å². The van der Waals surface area contributed by atoms with E-state index in [1.165, 1.54) is 22.0 Å². The van der Waals surface area contributed by atoms with Crippen LogP contribution in [0.1, 0.15) is 0 Å². The highest BCUT2D eigenvalue weighted by atomic mass is 127. The Labute approximate surface area is 92.2 Å². The number of aromatic nitrogens is 2. The number of nitrogens with zero attached hydrogens (tertiary/aromatic N) is 2. The molecule has 0 saturated heterocycles. The lowest BCUT2D eigenvalue weighted by molar-refractivity contribution is 0.967. The summed E-state index contributed by atoms with van der Waals surface area (Å²) < 4.78 is 2.45. The fraction of sp³-hybridized carbons (Fsp3) is 0. The lowest BCUT2D eigenvalue weighted by Gasteiger charge is -1.97. The smallest absolute Gasteiger partial charge is 0.256 e. The summed E-state index contributed by atoms with van der Waals surface area (Å²) in [5.74, 6) is 0. The molecule has 0 aromatic carbocycles. The minimum absolute atomic E-state index is 0.0479. The topological polar surface area (TPSA) is 34.9 Å². The molecule has 0 saturated carbocycles. The Hall–Kier alpha value is -0.690. The Morgan fingerprint density at radius 2 is 2.31 bits per heavy atom. The summed E-state index contributed by atoms with van der Waals surface area (Å²) in [6.45, 7) is 0.